The first-order chi connectivity index (χ1) is 18.4. The molecule has 3 aliphatic rings. The summed E-state index contributed by atoms with van der Waals surface area (Å²) >= 11 is 3.54. The van der Waals surface area contributed by atoms with Gasteiger partial charge in [-0.25, -0.2) is 4.98 Å². The summed E-state index contributed by atoms with van der Waals surface area (Å²) in [6, 6.07) is 8.73. The highest BCUT2D eigenvalue weighted by Gasteiger charge is 2.27. The Balaban J connectivity index is 1.20. The zero-order valence-electron chi connectivity index (χ0n) is 22.5. The smallest absolute Gasteiger partial charge is 0.269 e. The lowest BCUT2D eigenvalue weighted by molar-refractivity contribution is 0.0658. The number of nitrogens with two attached hydrogens (primary N) is 1. The number of aromatic nitrogens is 2. The van der Waals surface area contributed by atoms with E-state index in [1.165, 1.54) is 57.4 Å². The number of benzene rings is 1. The number of nitrogens with zero attached hydrogens (tertiary/aromatic N) is 6. The summed E-state index contributed by atoms with van der Waals surface area (Å²) in [5.74, 6) is 1.16. The molecule has 3 N–H and O–H groups in total. The lowest BCUT2D eigenvalue weighted by Crippen LogP contribution is -2.52. The lowest BCUT2D eigenvalue weighted by atomic mass is 10.0. The van der Waals surface area contributed by atoms with Gasteiger partial charge in [-0.2, -0.15) is 4.98 Å². The minimum absolute atomic E-state index is 0.136. The van der Waals surface area contributed by atoms with Crippen LogP contribution in [0.4, 0.5) is 11.8 Å². The standard InChI is InChI=1S/C28H41BrN8O/c1-34-13-15-36(16-14-34)24-9-11-35(12-10-24)19-22-7-4-8-23(17-22)27(38)33-37(20-21-5-2-3-6-21)26-25(29)18-31-28(30)32-26/h4,7-8,17-18,21,24H,2-3,5-6,9-16,19-20H2,1H3,(H,33,38)(H2,30,31,32). The highest BCUT2D eigenvalue weighted by atomic mass is 79.9. The van der Waals surface area contributed by atoms with E-state index in [1.807, 2.05) is 23.2 Å². The molecule has 0 spiro atoms. The van der Waals surface area contributed by atoms with Crippen molar-refractivity contribution in [3.05, 3.63) is 46.1 Å². The maximum atomic E-state index is 13.4. The number of likely N-dealkylation sites (tertiary alicyclic amines) is 1. The first kappa shape index (κ1) is 27.3. The molecule has 1 saturated carbocycles. The van der Waals surface area contributed by atoms with Gasteiger partial charge in [0.1, 0.15) is 0 Å². The van der Waals surface area contributed by atoms with Gasteiger partial charge in [-0.05, 0) is 85.4 Å². The molecule has 38 heavy (non-hydrogen) atoms. The molecule has 206 valence electrons. The second-order valence-corrected chi connectivity index (χ2v) is 12.0. The molecule has 9 nitrogen and oxygen atoms in total. The number of rotatable bonds is 8. The van der Waals surface area contributed by atoms with Crippen molar-refractivity contribution in [3.63, 3.8) is 0 Å². The SMILES string of the molecule is CN1CCN(C2CCN(Cc3cccc(C(=O)NN(CC4CCCC4)c4nc(N)ncc4Br)c3)CC2)CC1. The van der Waals surface area contributed by atoms with E-state index in [4.69, 9.17) is 5.73 Å². The van der Waals surface area contributed by atoms with Crippen LogP contribution < -0.4 is 16.2 Å². The van der Waals surface area contributed by atoms with Crippen molar-refractivity contribution in [1.29, 1.82) is 0 Å². The van der Waals surface area contributed by atoms with Crippen LogP contribution in [0.25, 0.3) is 0 Å². The van der Waals surface area contributed by atoms with Crippen molar-refractivity contribution >= 4 is 33.6 Å². The van der Waals surface area contributed by atoms with E-state index in [2.05, 4.69) is 59.1 Å². The number of piperidine rings is 1. The van der Waals surface area contributed by atoms with Crippen molar-refractivity contribution in [2.75, 3.05) is 63.6 Å². The first-order valence-corrected chi connectivity index (χ1v) is 14.8. The summed E-state index contributed by atoms with van der Waals surface area (Å²) in [7, 11) is 2.21. The van der Waals surface area contributed by atoms with E-state index in [0.717, 1.165) is 32.5 Å². The number of piperazine rings is 1. The number of nitrogens with one attached hydrogen (secondary N) is 1. The molecule has 0 radical (unpaired) electrons. The van der Waals surface area contributed by atoms with Crippen molar-refractivity contribution in [3.8, 4) is 0 Å². The molecule has 1 aromatic heterocycles. The molecule has 3 fully saturated rings. The zero-order valence-corrected chi connectivity index (χ0v) is 24.1. The molecular weight excluding hydrogens is 544 g/mol. The summed E-state index contributed by atoms with van der Waals surface area (Å²) in [6.07, 6.45) is 8.85. The van der Waals surface area contributed by atoms with Crippen LogP contribution in [0.2, 0.25) is 0 Å². The fraction of sp³-hybridized carbons (Fsp3) is 0.607. The molecule has 5 rings (SSSR count). The Kier molecular flexibility index (Phi) is 9.14. The number of carbonyl (C=O) groups excluding carboxylic acids is 1. The average Bonchev–Trinajstić information content (AvgIpc) is 3.44. The quantitative estimate of drug-likeness (QED) is 0.456. The van der Waals surface area contributed by atoms with E-state index < -0.39 is 0 Å². The van der Waals surface area contributed by atoms with Gasteiger partial charge in [0.15, 0.2) is 5.82 Å². The Morgan fingerprint density at radius 2 is 1.84 bits per heavy atom. The van der Waals surface area contributed by atoms with Crippen LogP contribution in [0.3, 0.4) is 0 Å². The molecule has 1 amide bonds. The number of carbonyl (C=O) groups is 1. The normalized spacial score (nSPS) is 20.6. The van der Waals surface area contributed by atoms with E-state index in [9.17, 15) is 4.79 Å². The number of amides is 1. The van der Waals surface area contributed by atoms with Gasteiger partial charge in [0.2, 0.25) is 5.95 Å². The number of likely N-dealkylation sites (N-methyl/N-ethyl adjacent to an activating group) is 1. The van der Waals surface area contributed by atoms with Gasteiger partial charge in [-0.1, -0.05) is 25.0 Å². The number of hydrazine groups is 1. The summed E-state index contributed by atoms with van der Waals surface area (Å²) in [5, 5.41) is 1.84. The van der Waals surface area contributed by atoms with E-state index in [-0.39, 0.29) is 11.9 Å². The molecule has 0 unspecified atom stereocenters. The van der Waals surface area contributed by atoms with Crippen LogP contribution in [0, 0.1) is 5.92 Å². The van der Waals surface area contributed by atoms with Gasteiger partial charge < -0.3 is 10.6 Å². The van der Waals surface area contributed by atoms with Crippen LogP contribution in [0.5, 0.6) is 0 Å². The number of hydrogen-bond donors (Lipinski definition) is 2. The molecule has 3 heterocycles. The molecule has 2 saturated heterocycles. The second-order valence-electron chi connectivity index (χ2n) is 11.1. The first-order valence-electron chi connectivity index (χ1n) is 14.0. The molecule has 0 bridgehead atoms. The van der Waals surface area contributed by atoms with Gasteiger partial charge in [0.25, 0.3) is 5.91 Å². The van der Waals surface area contributed by atoms with Crippen molar-refractivity contribution in [2.24, 2.45) is 5.92 Å². The Morgan fingerprint density at radius 3 is 2.58 bits per heavy atom. The van der Waals surface area contributed by atoms with Crippen LogP contribution in [-0.4, -0.2) is 89.5 Å². The maximum absolute atomic E-state index is 13.4. The van der Waals surface area contributed by atoms with Gasteiger partial charge >= 0.3 is 0 Å². The molecule has 10 heteroatoms. The monoisotopic (exact) mass is 584 g/mol. The predicted octanol–water partition coefficient (Wildman–Crippen LogP) is 3.37. The Morgan fingerprint density at radius 1 is 1.11 bits per heavy atom. The number of anilines is 2. The Labute approximate surface area is 234 Å². The summed E-state index contributed by atoms with van der Waals surface area (Å²) in [5.41, 5.74) is 10.8. The highest BCUT2D eigenvalue weighted by Crippen LogP contribution is 2.29. The molecular formula is C28H41BrN8O. The average molecular weight is 586 g/mol. The maximum Gasteiger partial charge on any atom is 0.269 e. The zero-order chi connectivity index (χ0) is 26.5. The van der Waals surface area contributed by atoms with E-state index in [0.29, 0.717) is 34.4 Å². The van der Waals surface area contributed by atoms with Gasteiger partial charge in [0, 0.05) is 57.1 Å². The fourth-order valence-electron chi connectivity index (χ4n) is 6.08. The largest absolute Gasteiger partial charge is 0.368 e. The minimum Gasteiger partial charge on any atom is -0.368 e. The Bertz CT molecular complexity index is 1080. The third kappa shape index (κ3) is 7.02. The molecule has 2 aromatic rings. The minimum atomic E-state index is -0.136. The van der Waals surface area contributed by atoms with Gasteiger partial charge in [-0.3, -0.25) is 25.0 Å². The van der Waals surface area contributed by atoms with E-state index >= 15 is 0 Å². The van der Waals surface area contributed by atoms with Gasteiger partial charge in [-0.15, -0.1) is 0 Å². The fourth-order valence-corrected chi connectivity index (χ4v) is 6.49. The summed E-state index contributed by atoms with van der Waals surface area (Å²) in [4.78, 5) is 29.5. The van der Waals surface area contributed by atoms with Crippen molar-refractivity contribution in [1.82, 2.24) is 30.1 Å². The van der Waals surface area contributed by atoms with Crippen LogP contribution in [-0.2, 0) is 6.54 Å². The highest BCUT2D eigenvalue weighted by molar-refractivity contribution is 9.10. The van der Waals surface area contributed by atoms with Gasteiger partial charge in [0.05, 0.1) is 4.47 Å². The molecule has 0 atom stereocenters. The molecule has 1 aromatic carbocycles. The topological polar surface area (TPSA) is 93.9 Å². The number of nitrogen functional groups attached to an aromatic ring is 1. The Hall–Kier alpha value is -2.27. The predicted molar refractivity (Wildman–Crippen MR) is 155 cm³/mol. The number of halogens is 1. The van der Waals surface area contributed by atoms with Crippen molar-refractivity contribution in [2.45, 2.75) is 51.1 Å². The molecule has 2 aliphatic heterocycles. The van der Waals surface area contributed by atoms with Crippen molar-refractivity contribution < 1.29 is 4.79 Å². The number of hydrogen-bond acceptors (Lipinski definition) is 8. The summed E-state index contributed by atoms with van der Waals surface area (Å²) < 4.78 is 0.707. The summed E-state index contributed by atoms with van der Waals surface area (Å²) in [6.45, 7) is 8.50. The lowest BCUT2D eigenvalue weighted by Gasteiger charge is -2.42. The van der Waals surface area contributed by atoms with Crippen LogP contribution in [0.1, 0.15) is 54.4 Å². The third-order valence-corrected chi connectivity index (χ3v) is 8.92. The third-order valence-electron chi connectivity index (χ3n) is 8.36. The van der Waals surface area contributed by atoms with E-state index in [1.54, 1.807) is 6.20 Å². The van der Waals surface area contributed by atoms with Crippen LogP contribution >= 0.6 is 15.9 Å². The van der Waals surface area contributed by atoms with Crippen LogP contribution in [0.15, 0.2) is 34.9 Å². The molecule has 1 aliphatic carbocycles. The second kappa shape index (κ2) is 12.7.